The predicted octanol–water partition coefficient (Wildman–Crippen LogP) is 1.65. The van der Waals surface area contributed by atoms with Gasteiger partial charge in [-0.2, -0.15) is 4.99 Å². The molecule has 2 rings (SSSR count). The molecule has 13 heavy (non-hydrogen) atoms. The second kappa shape index (κ2) is 3.03. The highest BCUT2D eigenvalue weighted by Crippen LogP contribution is 2.23. The van der Waals surface area contributed by atoms with E-state index < -0.39 is 0 Å². The molecule has 1 heterocycles. The maximum atomic E-state index is 11.3. The second-order valence-electron chi connectivity index (χ2n) is 2.93. The summed E-state index contributed by atoms with van der Waals surface area (Å²) >= 11 is 3.44. The van der Waals surface area contributed by atoms with Gasteiger partial charge >= 0.3 is 0 Å². The highest BCUT2D eigenvalue weighted by Gasteiger charge is 2.25. The molecular weight excluding hydrogens is 232 g/mol. The Bertz CT molecular complexity index is 390. The normalized spacial score (nSPS) is 26.2. The molecule has 1 unspecified atom stereocenters. The molecule has 4 heteroatoms. The maximum Gasteiger partial charge on any atom is 0.280 e. The molecule has 66 valence electrons. The molecule has 1 aliphatic heterocycles. The molecule has 3 nitrogen and oxygen atoms in total. The molecule has 0 aromatic rings. The van der Waals surface area contributed by atoms with Crippen LogP contribution in [0.4, 0.5) is 0 Å². The van der Waals surface area contributed by atoms with Gasteiger partial charge in [0.2, 0.25) is 0 Å². The van der Waals surface area contributed by atoms with Crippen LogP contribution in [-0.2, 0) is 4.79 Å². The number of hydrogen-bond acceptors (Lipinski definition) is 2. The van der Waals surface area contributed by atoms with Gasteiger partial charge in [0.1, 0.15) is 6.34 Å². The molecule has 0 saturated heterocycles. The van der Waals surface area contributed by atoms with Gasteiger partial charge in [-0.3, -0.25) is 4.79 Å². The summed E-state index contributed by atoms with van der Waals surface area (Å²) in [4.78, 5) is 19.0. The topological polar surface area (TPSA) is 41.8 Å². The molecule has 0 bridgehead atoms. The zero-order valence-electron chi connectivity index (χ0n) is 6.99. The average molecular weight is 239 g/mol. The molecule has 0 radical (unpaired) electrons. The fraction of sp³-hybridized carbons (Fsp3) is 0.222. The first-order chi connectivity index (χ1) is 6.18. The Morgan fingerprint density at radius 1 is 1.54 bits per heavy atom. The third-order valence-electron chi connectivity index (χ3n) is 1.92. The third-order valence-corrected chi connectivity index (χ3v) is 2.62. The van der Waals surface area contributed by atoms with Gasteiger partial charge in [-0.1, -0.05) is 27.6 Å². The molecule has 1 amide bonds. The van der Waals surface area contributed by atoms with Gasteiger partial charge in [-0.15, -0.1) is 0 Å². The molecule has 0 aromatic heterocycles. The molecule has 1 atom stereocenters. The van der Waals surface area contributed by atoms with Gasteiger partial charge < -0.3 is 0 Å². The molecule has 0 saturated carbocycles. The van der Waals surface area contributed by atoms with E-state index >= 15 is 0 Å². The van der Waals surface area contributed by atoms with Crippen molar-refractivity contribution in [1.82, 2.24) is 0 Å². The quantitative estimate of drug-likeness (QED) is 0.592. The first kappa shape index (κ1) is 8.56. The van der Waals surface area contributed by atoms with Crippen molar-refractivity contribution in [1.29, 1.82) is 0 Å². The minimum atomic E-state index is -0.207. The van der Waals surface area contributed by atoms with Gasteiger partial charge in [0.25, 0.3) is 5.91 Å². The van der Waals surface area contributed by atoms with Crippen LogP contribution in [0.1, 0.15) is 6.92 Å². The van der Waals surface area contributed by atoms with Crippen LogP contribution in [0.25, 0.3) is 0 Å². The summed E-state index contributed by atoms with van der Waals surface area (Å²) in [7, 11) is 0. The average Bonchev–Trinajstić information content (AvgIpc) is 2.07. The number of amides is 1. The monoisotopic (exact) mass is 238 g/mol. The first-order valence-electron chi connectivity index (χ1n) is 3.87. The number of rotatable bonds is 0. The van der Waals surface area contributed by atoms with E-state index in [0.29, 0.717) is 5.57 Å². The molecule has 0 spiro atoms. The van der Waals surface area contributed by atoms with E-state index in [9.17, 15) is 4.79 Å². The van der Waals surface area contributed by atoms with E-state index in [0.717, 1.165) is 11.3 Å². The molecule has 0 aromatic carbocycles. The van der Waals surface area contributed by atoms with Crippen LogP contribution in [0.15, 0.2) is 33.3 Å². The number of halogens is 1. The number of nitrogens with zero attached hydrogens (tertiary/aromatic N) is 2. The van der Waals surface area contributed by atoms with Crippen molar-refractivity contribution in [3.8, 4) is 0 Å². The van der Waals surface area contributed by atoms with Crippen LogP contribution in [0.5, 0.6) is 0 Å². The smallest absolute Gasteiger partial charge is 0.267 e. The number of aliphatic imine (C=N–C) groups is 2. The fourth-order valence-electron chi connectivity index (χ4n) is 1.33. The molecular formula is C9H7BrN2O. The van der Waals surface area contributed by atoms with E-state index in [2.05, 4.69) is 25.9 Å². The Hall–Kier alpha value is -1.03. The zero-order chi connectivity index (χ0) is 9.42. The second-order valence-corrected chi connectivity index (χ2v) is 3.92. The minimum Gasteiger partial charge on any atom is -0.267 e. The summed E-state index contributed by atoms with van der Waals surface area (Å²) in [5, 5.41) is 0. The number of fused-ring (bicyclic) bond motifs is 1. The maximum absolute atomic E-state index is 11.3. The van der Waals surface area contributed by atoms with Crippen molar-refractivity contribution in [2.75, 3.05) is 0 Å². The number of allylic oxidation sites excluding steroid dienone is 3. The lowest BCUT2D eigenvalue weighted by molar-refractivity contribution is -0.113. The Morgan fingerprint density at radius 2 is 2.31 bits per heavy atom. The van der Waals surface area contributed by atoms with Crippen LogP contribution in [0, 0.1) is 0 Å². The first-order valence-corrected chi connectivity index (χ1v) is 4.79. The number of carbonyl (C=O) groups is 1. The van der Waals surface area contributed by atoms with Crippen molar-refractivity contribution < 1.29 is 4.79 Å². The van der Waals surface area contributed by atoms with Crippen LogP contribution in [-0.4, -0.2) is 22.8 Å². The van der Waals surface area contributed by atoms with Gasteiger partial charge in [0.15, 0.2) is 0 Å². The van der Waals surface area contributed by atoms with E-state index in [4.69, 9.17) is 0 Å². The SMILES string of the molecule is CC1=CC(Br)C2=NC=NC(=O)C2=C1. The lowest BCUT2D eigenvalue weighted by Crippen LogP contribution is -2.25. The fourth-order valence-corrected chi connectivity index (χ4v) is 2.11. The number of hydrogen-bond donors (Lipinski definition) is 0. The van der Waals surface area contributed by atoms with Gasteiger partial charge in [-0.05, 0) is 13.0 Å². The standard InChI is InChI=1S/C9H7BrN2O/c1-5-2-6-8(7(10)3-5)11-4-12-9(6)13/h2-4,7H,1H3. The molecule has 1 aliphatic carbocycles. The van der Waals surface area contributed by atoms with E-state index in [1.165, 1.54) is 6.34 Å². The summed E-state index contributed by atoms with van der Waals surface area (Å²) in [5.74, 6) is -0.207. The third kappa shape index (κ3) is 1.42. The van der Waals surface area contributed by atoms with Gasteiger partial charge in [0, 0.05) is 0 Å². The highest BCUT2D eigenvalue weighted by atomic mass is 79.9. The Morgan fingerprint density at radius 3 is 3.08 bits per heavy atom. The van der Waals surface area contributed by atoms with Crippen molar-refractivity contribution >= 4 is 33.9 Å². The Labute approximate surface area is 84.1 Å². The van der Waals surface area contributed by atoms with Gasteiger partial charge in [-0.25, -0.2) is 4.99 Å². The van der Waals surface area contributed by atoms with Crippen LogP contribution >= 0.6 is 15.9 Å². The predicted molar refractivity (Wildman–Crippen MR) is 55.5 cm³/mol. The van der Waals surface area contributed by atoms with Gasteiger partial charge in [0.05, 0.1) is 16.1 Å². The van der Waals surface area contributed by atoms with E-state index in [-0.39, 0.29) is 10.7 Å². The van der Waals surface area contributed by atoms with Crippen molar-refractivity contribution in [2.45, 2.75) is 11.8 Å². The lowest BCUT2D eigenvalue weighted by Gasteiger charge is -2.17. The molecule has 0 fully saturated rings. The van der Waals surface area contributed by atoms with Crippen LogP contribution in [0.2, 0.25) is 0 Å². The largest absolute Gasteiger partial charge is 0.280 e. The Balaban J connectivity index is 2.52. The van der Waals surface area contributed by atoms with Crippen molar-refractivity contribution in [2.24, 2.45) is 9.98 Å². The number of alkyl halides is 1. The van der Waals surface area contributed by atoms with E-state index in [1.807, 2.05) is 19.1 Å². The highest BCUT2D eigenvalue weighted by molar-refractivity contribution is 9.10. The Kier molecular flexibility index (Phi) is 2.00. The van der Waals surface area contributed by atoms with Crippen LogP contribution in [0.3, 0.4) is 0 Å². The lowest BCUT2D eigenvalue weighted by atomic mass is 9.97. The minimum absolute atomic E-state index is 0.0307. The van der Waals surface area contributed by atoms with Crippen molar-refractivity contribution in [3.63, 3.8) is 0 Å². The van der Waals surface area contributed by atoms with Crippen LogP contribution < -0.4 is 0 Å². The summed E-state index contributed by atoms with van der Waals surface area (Å²) in [6.07, 6.45) is 5.13. The molecule has 2 aliphatic rings. The zero-order valence-corrected chi connectivity index (χ0v) is 8.58. The summed E-state index contributed by atoms with van der Waals surface area (Å²) in [5.41, 5.74) is 2.41. The summed E-state index contributed by atoms with van der Waals surface area (Å²) in [6.45, 7) is 1.95. The number of carbonyl (C=O) groups excluding carboxylic acids is 1. The van der Waals surface area contributed by atoms with Crippen molar-refractivity contribution in [3.05, 3.63) is 23.3 Å². The summed E-state index contributed by atoms with van der Waals surface area (Å²) in [6, 6.07) is 0. The molecule has 0 N–H and O–H groups in total. The summed E-state index contributed by atoms with van der Waals surface area (Å²) < 4.78 is 0. The van der Waals surface area contributed by atoms with E-state index in [1.54, 1.807) is 0 Å².